The van der Waals surface area contributed by atoms with Gasteiger partial charge in [0.15, 0.2) is 0 Å². The van der Waals surface area contributed by atoms with Crippen LogP contribution in [-0.2, 0) is 11.2 Å². The molecule has 0 aliphatic rings. The van der Waals surface area contributed by atoms with Gasteiger partial charge in [0.25, 0.3) is 0 Å². The molecule has 15 heavy (non-hydrogen) atoms. The minimum absolute atomic E-state index is 0.150. The van der Waals surface area contributed by atoms with Gasteiger partial charge in [-0.2, -0.15) is 0 Å². The molecule has 1 rings (SSSR count). The summed E-state index contributed by atoms with van der Waals surface area (Å²) in [5, 5.41) is -0.293. The van der Waals surface area contributed by atoms with Crippen LogP contribution in [-0.4, -0.2) is 5.24 Å². The second kappa shape index (κ2) is 5.72. The third kappa shape index (κ3) is 4.30. The Morgan fingerprint density at radius 3 is 2.47 bits per heavy atom. The maximum Gasteiger partial charge on any atom is 0.222 e. The molecule has 0 amide bonds. The number of benzene rings is 1. The molecule has 1 nitrogen and oxygen atoms in total. The second-order valence-corrected chi connectivity index (χ2v) is 4.21. The average molecular weight is 223 g/mol. The van der Waals surface area contributed by atoms with E-state index in [1.165, 1.54) is 5.56 Å². The Labute approximate surface area is 95.8 Å². The van der Waals surface area contributed by atoms with Crippen LogP contribution in [0.15, 0.2) is 42.5 Å². The summed E-state index contributed by atoms with van der Waals surface area (Å²) in [6, 6.07) is 10.1. The molecule has 0 fully saturated rings. The molecule has 0 bridgehead atoms. The van der Waals surface area contributed by atoms with Crippen molar-refractivity contribution in [2.45, 2.75) is 19.8 Å². The third-order valence-electron chi connectivity index (χ3n) is 2.43. The minimum atomic E-state index is -0.293. The van der Waals surface area contributed by atoms with E-state index in [1.807, 2.05) is 25.1 Å². The SMILES string of the molecule is C=C(C)C(CC(=O)Cl)Cc1ccccc1. The van der Waals surface area contributed by atoms with Crippen molar-refractivity contribution in [2.24, 2.45) is 5.92 Å². The molecule has 0 saturated carbocycles. The Kier molecular flexibility index (Phi) is 4.57. The smallest absolute Gasteiger partial charge is 0.222 e. The van der Waals surface area contributed by atoms with Gasteiger partial charge in [-0.1, -0.05) is 42.5 Å². The zero-order chi connectivity index (χ0) is 11.3. The minimum Gasteiger partial charge on any atom is -0.281 e. The standard InChI is InChI=1S/C13H15ClO/c1-10(2)12(9-13(14)15)8-11-6-4-3-5-7-11/h3-7,12H,1,8-9H2,2H3. The van der Waals surface area contributed by atoms with Crippen LogP contribution in [0, 0.1) is 5.92 Å². The van der Waals surface area contributed by atoms with Gasteiger partial charge < -0.3 is 0 Å². The van der Waals surface area contributed by atoms with Crippen LogP contribution in [0.3, 0.4) is 0 Å². The van der Waals surface area contributed by atoms with Gasteiger partial charge in [0.1, 0.15) is 0 Å². The lowest BCUT2D eigenvalue weighted by atomic mass is 9.91. The number of carbonyl (C=O) groups is 1. The maximum absolute atomic E-state index is 10.9. The average Bonchev–Trinajstić information content (AvgIpc) is 2.17. The molecule has 0 aromatic heterocycles. The van der Waals surface area contributed by atoms with Gasteiger partial charge in [0.2, 0.25) is 5.24 Å². The van der Waals surface area contributed by atoms with Crippen LogP contribution in [0.2, 0.25) is 0 Å². The first-order valence-electron chi connectivity index (χ1n) is 4.97. The number of rotatable bonds is 5. The maximum atomic E-state index is 10.9. The van der Waals surface area contributed by atoms with Crippen LogP contribution in [0.1, 0.15) is 18.9 Å². The normalized spacial score (nSPS) is 12.1. The van der Waals surface area contributed by atoms with E-state index in [0.717, 1.165) is 12.0 Å². The fraction of sp³-hybridized carbons (Fsp3) is 0.308. The highest BCUT2D eigenvalue weighted by molar-refractivity contribution is 6.63. The van der Waals surface area contributed by atoms with Crippen molar-refractivity contribution >= 4 is 16.8 Å². The van der Waals surface area contributed by atoms with Crippen molar-refractivity contribution in [1.82, 2.24) is 0 Å². The third-order valence-corrected chi connectivity index (χ3v) is 2.58. The summed E-state index contributed by atoms with van der Waals surface area (Å²) in [4.78, 5) is 10.9. The zero-order valence-corrected chi connectivity index (χ0v) is 9.63. The highest BCUT2D eigenvalue weighted by atomic mass is 35.5. The summed E-state index contributed by atoms with van der Waals surface area (Å²) in [7, 11) is 0. The molecule has 2 heteroatoms. The number of hydrogen-bond donors (Lipinski definition) is 0. The molecule has 0 saturated heterocycles. The monoisotopic (exact) mass is 222 g/mol. The molecule has 0 aliphatic heterocycles. The van der Waals surface area contributed by atoms with E-state index < -0.39 is 0 Å². The highest BCUT2D eigenvalue weighted by Crippen LogP contribution is 2.20. The van der Waals surface area contributed by atoms with Crippen LogP contribution >= 0.6 is 11.6 Å². The van der Waals surface area contributed by atoms with Crippen molar-refractivity contribution in [1.29, 1.82) is 0 Å². The van der Waals surface area contributed by atoms with E-state index in [4.69, 9.17) is 11.6 Å². The Hall–Kier alpha value is -1.08. The van der Waals surface area contributed by atoms with Crippen molar-refractivity contribution in [3.63, 3.8) is 0 Å². The predicted octanol–water partition coefficient (Wildman–Crippen LogP) is 3.58. The molecule has 0 radical (unpaired) electrons. The van der Waals surface area contributed by atoms with Gasteiger partial charge in [-0.05, 0) is 36.4 Å². The number of allylic oxidation sites excluding steroid dienone is 1. The summed E-state index contributed by atoms with van der Waals surface area (Å²) in [5.74, 6) is 0.150. The summed E-state index contributed by atoms with van der Waals surface area (Å²) in [6.07, 6.45) is 1.19. The Morgan fingerprint density at radius 2 is 2.00 bits per heavy atom. The Bertz CT molecular complexity index is 343. The van der Waals surface area contributed by atoms with Crippen LogP contribution < -0.4 is 0 Å². The van der Waals surface area contributed by atoms with E-state index >= 15 is 0 Å². The lowest BCUT2D eigenvalue weighted by molar-refractivity contribution is -0.112. The Balaban J connectivity index is 2.67. The molecular weight excluding hydrogens is 208 g/mol. The van der Waals surface area contributed by atoms with Crippen LogP contribution in [0.25, 0.3) is 0 Å². The van der Waals surface area contributed by atoms with Gasteiger partial charge in [-0.25, -0.2) is 0 Å². The van der Waals surface area contributed by atoms with Gasteiger partial charge in [0, 0.05) is 6.42 Å². The molecule has 80 valence electrons. The van der Waals surface area contributed by atoms with E-state index in [9.17, 15) is 4.79 Å². The van der Waals surface area contributed by atoms with E-state index in [0.29, 0.717) is 6.42 Å². The molecule has 0 N–H and O–H groups in total. The lowest BCUT2D eigenvalue weighted by Crippen LogP contribution is -2.09. The molecule has 1 atom stereocenters. The van der Waals surface area contributed by atoms with Crippen LogP contribution in [0.5, 0.6) is 0 Å². The van der Waals surface area contributed by atoms with Gasteiger partial charge in [-0.15, -0.1) is 0 Å². The molecule has 1 unspecified atom stereocenters. The van der Waals surface area contributed by atoms with Gasteiger partial charge in [0.05, 0.1) is 0 Å². The van der Waals surface area contributed by atoms with Crippen molar-refractivity contribution in [2.75, 3.05) is 0 Å². The molecule has 1 aromatic carbocycles. The first-order valence-corrected chi connectivity index (χ1v) is 5.35. The molecule has 0 heterocycles. The molecule has 0 aliphatic carbocycles. The predicted molar refractivity (Wildman–Crippen MR) is 63.9 cm³/mol. The molecular formula is C13H15ClO. The summed E-state index contributed by atoms with van der Waals surface area (Å²) in [6.45, 7) is 5.83. The molecule has 0 spiro atoms. The quantitative estimate of drug-likeness (QED) is 0.550. The van der Waals surface area contributed by atoms with Crippen molar-refractivity contribution in [3.8, 4) is 0 Å². The second-order valence-electron chi connectivity index (χ2n) is 3.79. The van der Waals surface area contributed by atoms with Crippen LogP contribution in [0.4, 0.5) is 0 Å². The van der Waals surface area contributed by atoms with Crippen molar-refractivity contribution in [3.05, 3.63) is 48.0 Å². The highest BCUT2D eigenvalue weighted by Gasteiger charge is 2.13. The fourth-order valence-electron chi connectivity index (χ4n) is 1.51. The van der Waals surface area contributed by atoms with Gasteiger partial charge >= 0.3 is 0 Å². The van der Waals surface area contributed by atoms with Crippen molar-refractivity contribution < 1.29 is 4.79 Å². The Morgan fingerprint density at radius 1 is 1.40 bits per heavy atom. The fourth-order valence-corrected chi connectivity index (χ4v) is 1.70. The van der Waals surface area contributed by atoms with Gasteiger partial charge in [-0.3, -0.25) is 4.79 Å². The molecule has 1 aromatic rings. The summed E-state index contributed by atoms with van der Waals surface area (Å²) < 4.78 is 0. The summed E-state index contributed by atoms with van der Waals surface area (Å²) >= 11 is 5.40. The topological polar surface area (TPSA) is 17.1 Å². The largest absolute Gasteiger partial charge is 0.281 e. The first-order chi connectivity index (χ1) is 7.09. The number of halogens is 1. The zero-order valence-electron chi connectivity index (χ0n) is 8.87. The lowest BCUT2D eigenvalue weighted by Gasteiger charge is -2.14. The van der Waals surface area contributed by atoms with E-state index in [1.54, 1.807) is 0 Å². The summed E-state index contributed by atoms with van der Waals surface area (Å²) in [5.41, 5.74) is 2.22. The first kappa shape index (κ1) is 12.0. The number of hydrogen-bond acceptors (Lipinski definition) is 1. The number of carbonyl (C=O) groups excluding carboxylic acids is 1. The van der Waals surface area contributed by atoms with E-state index in [-0.39, 0.29) is 11.2 Å². The van der Waals surface area contributed by atoms with E-state index in [2.05, 4.69) is 18.7 Å².